The Balaban J connectivity index is 3.14. The number of hydrogen-bond acceptors (Lipinski definition) is 2. The van der Waals surface area contributed by atoms with Crippen molar-refractivity contribution < 1.29 is 4.74 Å². The number of nitrogens with two attached hydrogens (primary N) is 1. The Morgan fingerprint density at radius 2 is 2.00 bits per heavy atom. The highest BCUT2D eigenvalue weighted by Crippen LogP contribution is 2.33. The Labute approximate surface area is 92.4 Å². The van der Waals surface area contributed by atoms with Crippen LogP contribution >= 0.6 is 0 Å². The van der Waals surface area contributed by atoms with Gasteiger partial charge in [0, 0.05) is 0 Å². The van der Waals surface area contributed by atoms with E-state index in [1.54, 1.807) is 7.11 Å². The summed E-state index contributed by atoms with van der Waals surface area (Å²) >= 11 is 0. The first-order valence-electron chi connectivity index (χ1n) is 5.37. The summed E-state index contributed by atoms with van der Waals surface area (Å²) in [6.07, 6.45) is 0.987. The fraction of sp³-hybridized carbons (Fsp3) is 0.538. The van der Waals surface area contributed by atoms with Gasteiger partial charge in [0.15, 0.2) is 0 Å². The third kappa shape index (κ3) is 2.51. The van der Waals surface area contributed by atoms with Gasteiger partial charge in [0.05, 0.1) is 7.11 Å². The van der Waals surface area contributed by atoms with Crippen LogP contribution in [0.5, 0.6) is 5.75 Å². The van der Waals surface area contributed by atoms with Crippen LogP contribution in [-0.4, -0.2) is 13.7 Å². The highest BCUT2D eigenvalue weighted by Gasteiger charge is 2.22. The molecule has 0 atom stereocenters. The summed E-state index contributed by atoms with van der Waals surface area (Å²) in [7, 11) is 1.71. The van der Waals surface area contributed by atoms with Gasteiger partial charge >= 0.3 is 0 Å². The maximum atomic E-state index is 5.64. The van der Waals surface area contributed by atoms with Crippen molar-refractivity contribution in [3.63, 3.8) is 0 Å². The van der Waals surface area contributed by atoms with Gasteiger partial charge in [-0.25, -0.2) is 0 Å². The van der Waals surface area contributed by atoms with E-state index in [9.17, 15) is 0 Å². The van der Waals surface area contributed by atoms with E-state index in [4.69, 9.17) is 10.5 Å². The summed E-state index contributed by atoms with van der Waals surface area (Å²) in [5.74, 6) is 0.956. The number of benzene rings is 1. The average Bonchev–Trinajstić information content (AvgIpc) is 2.17. The first-order valence-corrected chi connectivity index (χ1v) is 5.37. The van der Waals surface area contributed by atoms with Crippen LogP contribution in [0.2, 0.25) is 0 Å². The van der Waals surface area contributed by atoms with Crippen molar-refractivity contribution in [1.82, 2.24) is 0 Å². The lowest BCUT2D eigenvalue weighted by Crippen LogP contribution is -2.22. The smallest absolute Gasteiger partial charge is 0.122 e. The quantitative estimate of drug-likeness (QED) is 0.823. The monoisotopic (exact) mass is 207 g/mol. The van der Waals surface area contributed by atoms with Crippen LogP contribution in [-0.2, 0) is 5.41 Å². The molecule has 1 aromatic rings. The Hall–Kier alpha value is -1.02. The predicted molar refractivity (Wildman–Crippen MR) is 64.4 cm³/mol. The summed E-state index contributed by atoms with van der Waals surface area (Å²) in [5.41, 5.74) is 8.31. The van der Waals surface area contributed by atoms with Gasteiger partial charge in [0.25, 0.3) is 0 Å². The zero-order chi connectivity index (χ0) is 11.5. The second-order valence-corrected chi connectivity index (χ2v) is 4.56. The topological polar surface area (TPSA) is 35.2 Å². The van der Waals surface area contributed by atoms with E-state index in [0.717, 1.165) is 12.2 Å². The number of methoxy groups -OCH3 is 1. The van der Waals surface area contributed by atoms with Gasteiger partial charge in [-0.1, -0.05) is 26.0 Å². The Morgan fingerprint density at radius 1 is 1.33 bits per heavy atom. The van der Waals surface area contributed by atoms with E-state index >= 15 is 0 Å². The van der Waals surface area contributed by atoms with E-state index in [-0.39, 0.29) is 5.41 Å². The third-order valence-electron chi connectivity index (χ3n) is 3.00. The minimum atomic E-state index is 0.118. The minimum absolute atomic E-state index is 0.118. The zero-order valence-corrected chi connectivity index (χ0v) is 10.1. The molecular weight excluding hydrogens is 186 g/mol. The Bertz CT molecular complexity index is 331. The first kappa shape index (κ1) is 12.1. The highest BCUT2D eigenvalue weighted by molar-refractivity contribution is 5.42. The van der Waals surface area contributed by atoms with Crippen LogP contribution in [0.4, 0.5) is 0 Å². The summed E-state index contributed by atoms with van der Waals surface area (Å²) in [4.78, 5) is 0. The molecule has 0 bridgehead atoms. The predicted octanol–water partition coefficient (Wildman–Crippen LogP) is 2.63. The highest BCUT2D eigenvalue weighted by atomic mass is 16.5. The van der Waals surface area contributed by atoms with Crippen molar-refractivity contribution in [2.45, 2.75) is 32.6 Å². The van der Waals surface area contributed by atoms with E-state index < -0.39 is 0 Å². The molecule has 0 aliphatic carbocycles. The zero-order valence-electron chi connectivity index (χ0n) is 10.1. The van der Waals surface area contributed by atoms with E-state index in [1.807, 2.05) is 12.1 Å². The molecule has 0 aliphatic heterocycles. The average molecular weight is 207 g/mol. The van der Waals surface area contributed by atoms with Crippen LogP contribution in [0, 0.1) is 6.92 Å². The van der Waals surface area contributed by atoms with Crippen molar-refractivity contribution >= 4 is 0 Å². The normalized spacial score (nSPS) is 11.5. The lowest BCUT2D eigenvalue weighted by atomic mass is 9.79. The van der Waals surface area contributed by atoms with Crippen molar-refractivity contribution in [1.29, 1.82) is 0 Å². The molecule has 2 nitrogen and oxygen atoms in total. The Kier molecular flexibility index (Phi) is 3.75. The molecule has 1 aromatic carbocycles. The second-order valence-electron chi connectivity index (χ2n) is 4.56. The van der Waals surface area contributed by atoms with Gasteiger partial charge in [-0.15, -0.1) is 0 Å². The van der Waals surface area contributed by atoms with Crippen LogP contribution in [0.1, 0.15) is 31.4 Å². The molecule has 0 saturated carbocycles. The molecule has 0 spiro atoms. The lowest BCUT2D eigenvalue weighted by molar-refractivity contribution is 0.406. The standard InChI is InChI=1S/C13H21NO/c1-10-11(13(2,3)8-9-14)6-5-7-12(10)15-4/h5-7H,8-9,14H2,1-4H3. The van der Waals surface area contributed by atoms with Gasteiger partial charge in [-0.05, 0) is 42.5 Å². The maximum Gasteiger partial charge on any atom is 0.122 e. The van der Waals surface area contributed by atoms with Crippen molar-refractivity contribution in [3.05, 3.63) is 29.3 Å². The van der Waals surface area contributed by atoms with Gasteiger partial charge in [-0.3, -0.25) is 0 Å². The molecule has 0 fully saturated rings. The molecule has 2 N–H and O–H groups in total. The maximum absolute atomic E-state index is 5.64. The fourth-order valence-electron chi connectivity index (χ4n) is 2.06. The number of hydrogen-bond donors (Lipinski definition) is 1. The number of ether oxygens (including phenoxy) is 1. The van der Waals surface area contributed by atoms with Gasteiger partial charge in [0.2, 0.25) is 0 Å². The molecule has 84 valence electrons. The molecule has 0 amide bonds. The molecule has 0 unspecified atom stereocenters. The number of rotatable bonds is 4. The van der Waals surface area contributed by atoms with Gasteiger partial charge < -0.3 is 10.5 Å². The lowest BCUT2D eigenvalue weighted by Gasteiger charge is -2.27. The molecule has 1 rings (SSSR count). The van der Waals surface area contributed by atoms with E-state index in [1.165, 1.54) is 11.1 Å². The molecule has 0 saturated heterocycles. The van der Waals surface area contributed by atoms with Crippen LogP contribution in [0.3, 0.4) is 0 Å². The summed E-state index contributed by atoms with van der Waals surface area (Å²) in [5, 5.41) is 0. The summed E-state index contributed by atoms with van der Waals surface area (Å²) in [6.45, 7) is 7.26. The molecule has 0 aliphatic rings. The van der Waals surface area contributed by atoms with Crippen molar-refractivity contribution in [2.24, 2.45) is 5.73 Å². The largest absolute Gasteiger partial charge is 0.496 e. The van der Waals surface area contributed by atoms with Gasteiger partial charge in [-0.2, -0.15) is 0 Å². The van der Waals surface area contributed by atoms with Crippen LogP contribution in [0.25, 0.3) is 0 Å². The molecule has 0 aromatic heterocycles. The summed E-state index contributed by atoms with van der Waals surface area (Å²) < 4.78 is 5.33. The van der Waals surface area contributed by atoms with Crippen molar-refractivity contribution in [2.75, 3.05) is 13.7 Å². The van der Waals surface area contributed by atoms with E-state index in [2.05, 4.69) is 26.8 Å². The third-order valence-corrected chi connectivity index (χ3v) is 3.00. The van der Waals surface area contributed by atoms with Gasteiger partial charge in [0.1, 0.15) is 5.75 Å². The SMILES string of the molecule is COc1cccc(C(C)(C)CCN)c1C. The molecule has 0 heterocycles. The molecule has 2 heteroatoms. The van der Waals surface area contributed by atoms with E-state index in [0.29, 0.717) is 6.54 Å². The molecule has 15 heavy (non-hydrogen) atoms. The van der Waals surface area contributed by atoms with Crippen LogP contribution in [0.15, 0.2) is 18.2 Å². The van der Waals surface area contributed by atoms with Crippen LogP contribution < -0.4 is 10.5 Å². The van der Waals surface area contributed by atoms with Crippen molar-refractivity contribution in [3.8, 4) is 5.75 Å². The molecule has 0 radical (unpaired) electrons. The minimum Gasteiger partial charge on any atom is -0.496 e. The first-order chi connectivity index (χ1) is 7.03. The summed E-state index contributed by atoms with van der Waals surface area (Å²) in [6, 6.07) is 6.20. The fourth-order valence-corrected chi connectivity index (χ4v) is 2.06. The molecular formula is C13H21NO. The Morgan fingerprint density at radius 3 is 2.53 bits per heavy atom. The second kappa shape index (κ2) is 4.67.